The Kier molecular flexibility index (Phi) is 4.63. The normalized spacial score (nSPS) is 18.6. The maximum atomic E-state index is 5.86. The van der Waals surface area contributed by atoms with Crippen molar-refractivity contribution in [2.45, 2.75) is 50.7 Å². The molecule has 1 fully saturated rings. The van der Waals surface area contributed by atoms with Gasteiger partial charge in [0.15, 0.2) is 0 Å². The Morgan fingerprint density at radius 1 is 1.33 bits per heavy atom. The molecule has 2 nitrogen and oxygen atoms in total. The van der Waals surface area contributed by atoms with Crippen LogP contribution in [0.1, 0.15) is 50.6 Å². The second-order valence-corrected chi connectivity index (χ2v) is 7.05. The number of fused-ring (bicyclic) bond motifs is 1. The van der Waals surface area contributed by atoms with E-state index in [0.717, 1.165) is 13.0 Å². The summed E-state index contributed by atoms with van der Waals surface area (Å²) in [5.41, 5.74) is 1.56. The van der Waals surface area contributed by atoms with Crippen molar-refractivity contribution in [1.82, 2.24) is 5.32 Å². The third-order valence-electron chi connectivity index (χ3n) is 4.80. The molecule has 0 aliphatic heterocycles. The topological polar surface area (TPSA) is 21.3 Å². The van der Waals surface area contributed by atoms with E-state index in [4.69, 9.17) is 4.74 Å². The van der Waals surface area contributed by atoms with Gasteiger partial charge in [0.1, 0.15) is 0 Å². The fraction of sp³-hybridized carbons (Fsp3) is 0.556. The molecule has 1 aliphatic carbocycles. The molecule has 1 saturated carbocycles. The summed E-state index contributed by atoms with van der Waals surface area (Å²) in [4.78, 5) is 0. The molecule has 0 radical (unpaired) electrons. The Hall–Kier alpha value is -0.900. The largest absolute Gasteiger partial charge is 0.378 e. The van der Waals surface area contributed by atoms with Crippen LogP contribution in [0.25, 0.3) is 10.1 Å². The first-order valence-corrected chi connectivity index (χ1v) is 8.90. The van der Waals surface area contributed by atoms with Gasteiger partial charge < -0.3 is 10.1 Å². The second-order valence-electron chi connectivity index (χ2n) is 6.14. The molecule has 21 heavy (non-hydrogen) atoms. The Labute approximate surface area is 131 Å². The number of ether oxygens (including phenoxy) is 1. The van der Waals surface area contributed by atoms with Gasteiger partial charge in [-0.15, -0.1) is 11.3 Å². The molecular weight excluding hydrogens is 278 g/mol. The highest BCUT2D eigenvalue weighted by Crippen LogP contribution is 2.43. The molecule has 1 atom stereocenters. The van der Waals surface area contributed by atoms with Crippen LogP contribution >= 0.6 is 11.3 Å². The molecule has 1 unspecified atom stereocenters. The Morgan fingerprint density at radius 2 is 2.14 bits per heavy atom. The van der Waals surface area contributed by atoms with Crippen molar-refractivity contribution in [2.75, 3.05) is 13.7 Å². The van der Waals surface area contributed by atoms with Crippen molar-refractivity contribution in [2.24, 2.45) is 0 Å². The maximum Gasteiger partial charge on any atom is 0.0697 e. The van der Waals surface area contributed by atoms with Crippen LogP contribution in [0, 0.1) is 0 Å². The highest BCUT2D eigenvalue weighted by Gasteiger charge is 2.39. The molecule has 1 heterocycles. The fourth-order valence-corrected chi connectivity index (χ4v) is 4.33. The minimum Gasteiger partial charge on any atom is -0.378 e. The Bertz CT molecular complexity index is 582. The van der Waals surface area contributed by atoms with Crippen molar-refractivity contribution >= 4 is 21.4 Å². The SMILES string of the molecule is CCCNC(CC1(OC)CCC1)c1csc2ccccc12. The van der Waals surface area contributed by atoms with Crippen LogP contribution in [0.5, 0.6) is 0 Å². The smallest absolute Gasteiger partial charge is 0.0697 e. The van der Waals surface area contributed by atoms with Crippen LogP contribution in [0.3, 0.4) is 0 Å². The average Bonchev–Trinajstić information content (AvgIpc) is 2.90. The van der Waals surface area contributed by atoms with Gasteiger partial charge in [0.25, 0.3) is 0 Å². The predicted octanol–water partition coefficient (Wildman–Crippen LogP) is 4.90. The molecule has 1 aromatic carbocycles. The van der Waals surface area contributed by atoms with E-state index in [-0.39, 0.29) is 5.60 Å². The molecule has 0 bridgehead atoms. The summed E-state index contributed by atoms with van der Waals surface area (Å²) in [6.45, 7) is 3.29. The van der Waals surface area contributed by atoms with Gasteiger partial charge in [0, 0.05) is 17.9 Å². The molecular formula is C18H25NOS. The monoisotopic (exact) mass is 303 g/mol. The molecule has 0 amide bonds. The summed E-state index contributed by atoms with van der Waals surface area (Å²) in [7, 11) is 1.88. The number of methoxy groups -OCH3 is 1. The molecule has 3 rings (SSSR count). The summed E-state index contributed by atoms with van der Waals surface area (Å²) >= 11 is 1.85. The summed E-state index contributed by atoms with van der Waals surface area (Å²) < 4.78 is 7.24. The number of rotatable bonds is 7. The average molecular weight is 303 g/mol. The van der Waals surface area contributed by atoms with E-state index in [2.05, 4.69) is 41.9 Å². The van der Waals surface area contributed by atoms with Crippen molar-refractivity contribution < 1.29 is 4.74 Å². The second kappa shape index (κ2) is 6.47. The summed E-state index contributed by atoms with van der Waals surface area (Å²) in [6.07, 6.45) is 5.97. The quantitative estimate of drug-likeness (QED) is 0.785. The standard InChI is InChI=1S/C18H25NOS/c1-3-11-19-16(12-18(20-2)9-6-10-18)15-13-21-17-8-5-4-7-14(15)17/h4-5,7-8,13,16,19H,3,6,9-12H2,1-2H3. The van der Waals surface area contributed by atoms with Gasteiger partial charge in [-0.2, -0.15) is 0 Å². The Balaban J connectivity index is 1.87. The number of thiophene rings is 1. The zero-order valence-electron chi connectivity index (χ0n) is 13.0. The van der Waals surface area contributed by atoms with E-state index < -0.39 is 0 Å². The lowest BCUT2D eigenvalue weighted by atomic mass is 9.74. The van der Waals surface area contributed by atoms with Gasteiger partial charge in [0.05, 0.1) is 5.60 Å². The van der Waals surface area contributed by atoms with Gasteiger partial charge in [-0.3, -0.25) is 0 Å². The number of benzene rings is 1. The lowest BCUT2D eigenvalue weighted by Gasteiger charge is -2.43. The molecule has 114 valence electrons. The van der Waals surface area contributed by atoms with Crippen molar-refractivity contribution in [3.8, 4) is 0 Å². The summed E-state index contributed by atoms with van der Waals surface area (Å²) in [5.74, 6) is 0. The van der Waals surface area contributed by atoms with E-state index in [1.807, 2.05) is 18.4 Å². The zero-order chi connectivity index (χ0) is 14.7. The first-order chi connectivity index (χ1) is 10.3. The summed E-state index contributed by atoms with van der Waals surface area (Å²) in [5, 5.41) is 7.49. The minimum atomic E-state index is 0.106. The van der Waals surface area contributed by atoms with E-state index in [0.29, 0.717) is 6.04 Å². The first kappa shape index (κ1) is 15.0. The fourth-order valence-electron chi connectivity index (χ4n) is 3.31. The number of hydrogen-bond donors (Lipinski definition) is 1. The summed E-state index contributed by atoms with van der Waals surface area (Å²) in [6, 6.07) is 9.14. The van der Waals surface area contributed by atoms with Crippen LogP contribution in [0.15, 0.2) is 29.6 Å². The van der Waals surface area contributed by atoms with E-state index >= 15 is 0 Å². The van der Waals surface area contributed by atoms with Gasteiger partial charge in [0.2, 0.25) is 0 Å². The van der Waals surface area contributed by atoms with Crippen molar-refractivity contribution in [3.63, 3.8) is 0 Å². The van der Waals surface area contributed by atoms with Crippen LogP contribution in [0.2, 0.25) is 0 Å². The van der Waals surface area contributed by atoms with E-state index in [1.165, 1.54) is 41.3 Å². The molecule has 3 heteroatoms. The van der Waals surface area contributed by atoms with Gasteiger partial charge >= 0.3 is 0 Å². The molecule has 1 N–H and O–H groups in total. The highest BCUT2D eigenvalue weighted by molar-refractivity contribution is 7.17. The Morgan fingerprint density at radius 3 is 2.81 bits per heavy atom. The molecule has 0 saturated heterocycles. The van der Waals surface area contributed by atoms with Crippen LogP contribution in [-0.4, -0.2) is 19.3 Å². The number of nitrogens with one attached hydrogen (secondary N) is 1. The van der Waals surface area contributed by atoms with Gasteiger partial charge in [-0.25, -0.2) is 0 Å². The maximum absolute atomic E-state index is 5.86. The van der Waals surface area contributed by atoms with Crippen LogP contribution < -0.4 is 5.32 Å². The molecule has 1 aliphatic rings. The van der Waals surface area contributed by atoms with Crippen LogP contribution in [-0.2, 0) is 4.74 Å². The van der Waals surface area contributed by atoms with Gasteiger partial charge in [-0.05, 0) is 61.0 Å². The molecule has 0 spiro atoms. The van der Waals surface area contributed by atoms with E-state index in [1.54, 1.807) is 0 Å². The first-order valence-electron chi connectivity index (χ1n) is 8.03. The molecule has 1 aromatic heterocycles. The van der Waals surface area contributed by atoms with Crippen molar-refractivity contribution in [3.05, 3.63) is 35.2 Å². The minimum absolute atomic E-state index is 0.106. The third-order valence-corrected chi connectivity index (χ3v) is 5.78. The number of hydrogen-bond acceptors (Lipinski definition) is 3. The van der Waals surface area contributed by atoms with E-state index in [9.17, 15) is 0 Å². The highest BCUT2D eigenvalue weighted by atomic mass is 32.1. The lowest BCUT2D eigenvalue weighted by molar-refractivity contribution is -0.0837. The molecule has 2 aromatic rings. The van der Waals surface area contributed by atoms with Crippen LogP contribution in [0.4, 0.5) is 0 Å². The third kappa shape index (κ3) is 3.01. The predicted molar refractivity (Wildman–Crippen MR) is 91.1 cm³/mol. The lowest BCUT2D eigenvalue weighted by Crippen LogP contribution is -2.43. The zero-order valence-corrected chi connectivity index (χ0v) is 13.8. The van der Waals surface area contributed by atoms with Crippen molar-refractivity contribution in [1.29, 1.82) is 0 Å². The van der Waals surface area contributed by atoms with Gasteiger partial charge in [-0.1, -0.05) is 25.1 Å².